The molecular formula is C20H26O5. The molecular weight excluding hydrogens is 320 g/mol. The van der Waals surface area contributed by atoms with E-state index in [1.54, 1.807) is 19.1 Å². The van der Waals surface area contributed by atoms with Crippen molar-refractivity contribution in [1.82, 2.24) is 0 Å². The first-order valence-electron chi connectivity index (χ1n) is 8.46. The topological polar surface area (TPSA) is 69.7 Å². The van der Waals surface area contributed by atoms with Crippen LogP contribution in [0, 0.1) is 17.3 Å². The second-order valence-corrected chi connectivity index (χ2v) is 7.37. The van der Waals surface area contributed by atoms with Gasteiger partial charge in [0.25, 0.3) is 0 Å². The summed E-state index contributed by atoms with van der Waals surface area (Å²) >= 11 is 0. The molecule has 5 nitrogen and oxygen atoms in total. The number of methoxy groups -OCH3 is 1. The molecule has 0 aromatic heterocycles. The van der Waals surface area contributed by atoms with E-state index in [0.717, 1.165) is 5.57 Å². The van der Waals surface area contributed by atoms with Crippen LogP contribution in [-0.2, 0) is 23.9 Å². The van der Waals surface area contributed by atoms with Gasteiger partial charge in [-0.2, -0.15) is 0 Å². The van der Waals surface area contributed by atoms with Crippen molar-refractivity contribution in [3.8, 4) is 0 Å². The molecule has 25 heavy (non-hydrogen) atoms. The maximum atomic E-state index is 12.6. The van der Waals surface area contributed by atoms with E-state index in [9.17, 15) is 14.4 Å². The molecule has 0 aromatic carbocycles. The first-order valence-corrected chi connectivity index (χ1v) is 8.46. The van der Waals surface area contributed by atoms with Crippen LogP contribution in [0.1, 0.15) is 40.5 Å². The third-order valence-corrected chi connectivity index (χ3v) is 5.37. The molecule has 0 N–H and O–H groups in total. The van der Waals surface area contributed by atoms with Crippen molar-refractivity contribution in [1.29, 1.82) is 0 Å². The van der Waals surface area contributed by atoms with Crippen molar-refractivity contribution in [2.24, 2.45) is 17.3 Å². The van der Waals surface area contributed by atoms with Gasteiger partial charge < -0.3 is 9.47 Å². The number of esters is 2. The molecule has 3 unspecified atom stereocenters. The second-order valence-electron chi connectivity index (χ2n) is 7.37. The fourth-order valence-corrected chi connectivity index (χ4v) is 3.56. The largest absolute Gasteiger partial charge is 0.466 e. The summed E-state index contributed by atoms with van der Waals surface area (Å²) in [5.41, 5.74) is 1.71. The molecule has 0 aromatic rings. The van der Waals surface area contributed by atoms with Crippen molar-refractivity contribution in [2.75, 3.05) is 7.11 Å². The number of ketones is 1. The van der Waals surface area contributed by atoms with Gasteiger partial charge in [0, 0.05) is 11.1 Å². The van der Waals surface area contributed by atoms with Crippen LogP contribution in [-0.4, -0.2) is 30.9 Å². The Hall–Kier alpha value is -2.17. The van der Waals surface area contributed by atoms with Gasteiger partial charge in [-0.1, -0.05) is 26.0 Å². The monoisotopic (exact) mass is 346 g/mol. The molecule has 0 bridgehead atoms. The number of carbonyl (C=O) groups excluding carboxylic acids is 3. The van der Waals surface area contributed by atoms with Crippen molar-refractivity contribution >= 4 is 17.7 Å². The molecule has 1 fully saturated rings. The zero-order valence-electron chi connectivity index (χ0n) is 15.5. The molecule has 0 aliphatic heterocycles. The number of allylic oxidation sites excluding steroid dienone is 3. The Kier molecular flexibility index (Phi) is 5.35. The molecule has 2 rings (SSSR count). The van der Waals surface area contributed by atoms with Gasteiger partial charge in [0.05, 0.1) is 19.4 Å². The van der Waals surface area contributed by atoms with E-state index in [1.165, 1.54) is 7.11 Å². The van der Waals surface area contributed by atoms with Gasteiger partial charge in [-0.3, -0.25) is 9.59 Å². The van der Waals surface area contributed by atoms with Gasteiger partial charge in [0.15, 0.2) is 5.78 Å². The van der Waals surface area contributed by atoms with E-state index < -0.39 is 12.1 Å². The third-order valence-electron chi connectivity index (χ3n) is 5.37. The zero-order chi connectivity index (χ0) is 18.9. The van der Waals surface area contributed by atoms with Gasteiger partial charge >= 0.3 is 11.9 Å². The maximum absolute atomic E-state index is 12.6. The average molecular weight is 346 g/mol. The molecule has 0 spiro atoms. The van der Waals surface area contributed by atoms with Gasteiger partial charge in [-0.25, -0.2) is 4.79 Å². The van der Waals surface area contributed by atoms with Crippen LogP contribution in [0.25, 0.3) is 0 Å². The second kappa shape index (κ2) is 6.98. The Labute approximate surface area is 148 Å². The van der Waals surface area contributed by atoms with Crippen LogP contribution in [0.2, 0.25) is 0 Å². The van der Waals surface area contributed by atoms with E-state index >= 15 is 0 Å². The van der Waals surface area contributed by atoms with E-state index in [4.69, 9.17) is 9.47 Å². The smallest absolute Gasteiger partial charge is 0.333 e. The van der Waals surface area contributed by atoms with Crippen LogP contribution in [0.3, 0.4) is 0 Å². The summed E-state index contributed by atoms with van der Waals surface area (Å²) in [6.07, 6.45) is 3.68. The zero-order valence-corrected chi connectivity index (χ0v) is 15.5. The maximum Gasteiger partial charge on any atom is 0.333 e. The first-order chi connectivity index (χ1) is 11.6. The molecule has 0 amide bonds. The summed E-state index contributed by atoms with van der Waals surface area (Å²) in [7, 11) is 1.33. The minimum atomic E-state index is -0.488. The Morgan fingerprint density at radius 3 is 2.56 bits per heavy atom. The SMILES string of the molecule is C=CCC1=C(C)C(OC(=O)C2C(C=C(C)C(=O)OC)C2(C)C)CC1=O. The molecule has 2 aliphatic carbocycles. The molecule has 0 saturated heterocycles. The van der Waals surface area contributed by atoms with E-state index in [0.29, 0.717) is 17.6 Å². The van der Waals surface area contributed by atoms with Crippen molar-refractivity contribution in [3.05, 3.63) is 35.5 Å². The lowest BCUT2D eigenvalue weighted by molar-refractivity contribution is -0.150. The van der Waals surface area contributed by atoms with Gasteiger partial charge in [-0.05, 0) is 37.2 Å². The van der Waals surface area contributed by atoms with Gasteiger partial charge in [0.1, 0.15) is 6.10 Å². The number of Topliss-reactive ketones (excluding diaryl/α,β-unsaturated/α-hetero) is 1. The Morgan fingerprint density at radius 1 is 1.36 bits per heavy atom. The Bertz CT molecular complexity index is 680. The van der Waals surface area contributed by atoms with Crippen LogP contribution in [0.15, 0.2) is 35.5 Å². The number of ether oxygens (including phenoxy) is 2. The highest BCUT2D eigenvalue weighted by Gasteiger charge is 2.62. The number of carbonyl (C=O) groups is 3. The first kappa shape index (κ1) is 19.2. The summed E-state index contributed by atoms with van der Waals surface area (Å²) in [4.78, 5) is 36.2. The van der Waals surface area contributed by atoms with Crippen molar-refractivity contribution in [3.63, 3.8) is 0 Å². The minimum absolute atomic E-state index is 0.0169. The van der Waals surface area contributed by atoms with Crippen LogP contribution < -0.4 is 0 Å². The highest BCUT2D eigenvalue weighted by molar-refractivity contribution is 6.00. The van der Waals surface area contributed by atoms with Gasteiger partial charge in [-0.15, -0.1) is 6.58 Å². The van der Waals surface area contributed by atoms with Crippen molar-refractivity contribution in [2.45, 2.75) is 46.6 Å². The third kappa shape index (κ3) is 3.60. The summed E-state index contributed by atoms with van der Waals surface area (Å²) in [6.45, 7) is 11.1. The van der Waals surface area contributed by atoms with Crippen molar-refractivity contribution < 1.29 is 23.9 Å². The Balaban J connectivity index is 2.08. The molecule has 1 saturated carbocycles. The number of rotatable bonds is 6. The van der Waals surface area contributed by atoms with Crippen LogP contribution in [0.4, 0.5) is 0 Å². The van der Waals surface area contributed by atoms with E-state index in [1.807, 2.05) is 20.8 Å². The predicted molar refractivity (Wildman–Crippen MR) is 93.6 cm³/mol. The van der Waals surface area contributed by atoms with E-state index in [-0.39, 0.29) is 35.4 Å². The highest BCUT2D eigenvalue weighted by atomic mass is 16.5. The molecule has 0 radical (unpaired) electrons. The van der Waals surface area contributed by atoms with Crippen LogP contribution in [0.5, 0.6) is 0 Å². The van der Waals surface area contributed by atoms with Crippen LogP contribution >= 0.6 is 0 Å². The molecule has 136 valence electrons. The quantitative estimate of drug-likeness (QED) is 0.420. The summed E-state index contributed by atoms with van der Waals surface area (Å²) in [5.74, 6) is -1.10. The average Bonchev–Trinajstić information content (AvgIpc) is 2.99. The predicted octanol–water partition coefficient (Wildman–Crippen LogP) is 3.16. The fraction of sp³-hybridized carbons (Fsp3) is 0.550. The van der Waals surface area contributed by atoms with Gasteiger partial charge in [0.2, 0.25) is 0 Å². The summed E-state index contributed by atoms with van der Waals surface area (Å²) in [5, 5.41) is 0. The Morgan fingerprint density at radius 2 is 2.00 bits per heavy atom. The number of hydrogen-bond acceptors (Lipinski definition) is 5. The normalized spacial score (nSPS) is 28.0. The van der Waals surface area contributed by atoms with E-state index in [2.05, 4.69) is 6.58 Å². The molecule has 3 atom stereocenters. The lowest BCUT2D eigenvalue weighted by atomic mass is 10.1. The lowest BCUT2D eigenvalue weighted by Crippen LogP contribution is -2.20. The molecule has 0 heterocycles. The fourth-order valence-electron chi connectivity index (χ4n) is 3.56. The summed E-state index contributed by atoms with van der Waals surface area (Å²) < 4.78 is 10.3. The number of hydrogen-bond donors (Lipinski definition) is 0. The highest BCUT2D eigenvalue weighted by Crippen LogP contribution is 2.60. The molecule has 5 heteroatoms. The summed E-state index contributed by atoms with van der Waals surface area (Å²) in [6, 6.07) is 0. The standard InChI is InChI=1S/C20H26O5/c1-7-8-13-12(3)16(10-15(13)21)25-19(23)17-14(20(17,4)5)9-11(2)18(22)24-6/h7,9,14,16-17H,1,8,10H2,2-6H3. The minimum Gasteiger partial charge on any atom is -0.466 e. The lowest BCUT2D eigenvalue weighted by Gasteiger charge is -2.13. The molecule has 2 aliphatic rings.